The Labute approximate surface area is 222 Å². The van der Waals surface area contributed by atoms with E-state index < -0.39 is 36.1 Å². The first-order valence-corrected chi connectivity index (χ1v) is 12.9. The summed E-state index contributed by atoms with van der Waals surface area (Å²) in [6.45, 7) is 0.297. The summed E-state index contributed by atoms with van der Waals surface area (Å²) in [5.74, 6) is -1.59. The van der Waals surface area contributed by atoms with Crippen LogP contribution in [0.15, 0.2) is 60.7 Å². The van der Waals surface area contributed by atoms with Crippen LogP contribution in [0, 0.1) is 0 Å². The van der Waals surface area contributed by atoms with E-state index in [4.69, 9.17) is 20.9 Å². The minimum atomic E-state index is -0.808. The Morgan fingerprint density at radius 3 is 1.42 bits per heavy atom. The number of nitrogens with two attached hydrogens (primary N) is 2. The molecule has 1 fully saturated rings. The van der Waals surface area contributed by atoms with Crippen molar-refractivity contribution in [2.45, 2.75) is 75.9 Å². The molecule has 0 aromatic heterocycles. The third-order valence-corrected chi connectivity index (χ3v) is 6.34. The predicted octanol–water partition coefficient (Wildman–Crippen LogP) is 1.45. The second kappa shape index (κ2) is 14.8. The highest BCUT2D eigenvalue weighted by atomic mass is 16.5. The fraction of sp³-hybridized carbons (Fsp3) is 0.429. The average Bonchev–Trinajstić information content (AvgIpc) is 2.93. The van der Waals surface area contributed by atoms with E-state index in [2.05, 4.69) is 10.6 Å². The highest BCUT2D eigenvalue weighted by molar-refractivity contribution is 5.96. The molecular formula is C28H36N4O6. The largest absolute Gasteiger partial charge is 0.460 e. The molecule has 4 atom stereocenters. The van der Waals surface area contributed by atoms with Crippen molar-refractivity contribution in [2.24, 2.45) is 11.5 Å². The number of carbonyl (C=O) groups excluding carboxylic acids is 4. The summed E-state index contributed by atoms with van der Waals surface area (Å²) in [5, 5.41) is 5.47. The van der Waals surface area contributed by atoms with Crippen molar-refractivity contribution < 1.29 is 28.7 Å². The van der Waals surface area contributed by atoms with E-state index in [0.717, 1.165) is 11.1 Å². The van der Waals surface area contributed by atoms with Gasteiger partial charge in [0.2, 0.25) is 11.8 Å². The maximum absolute atomic E-state index is 12.5. The standard InChI is InChI=1S/C28H36N4O6/c29-21(27(35)37-17-19-9-3-1-4-10-19)13-7-15-23-25(33)32-24(26(34)31-23)16-8-14-22(30)28(36)38-18-20-11-5-2-6-12-20/h1-6,9-12,21-24H,7-8,13-18,29-30H2,(H,31,34)(H,32,33)/t21?,22?,23-,24-/m0/s1. The Morgan fingerprint density at radius 2 is 1.05 bits per heavy atom. The lowest BCUT2D eigenvalue weighted by atomic mass is 9.99. The van der Waals surface area contributed by atoms with E-state index in [9.17, 15) is 19.2 Å². The van der Waals surface area contributed by atoms with Gasteiger partial charge in [0.15, 0.2) is 0 Å². The first kappa shape index (κ1) is 28.8. The van der Waals surface area contributed by atoms with Crippen LogP contribution >= 0.6 is 0 Å². The van der Waals surface area contributed by atoms with Gasteiger partial charge in [-0.15, -0.1) is 0 Å². The van der Waals surface area contributed by atoms with Crippen LogP contribution in [0.1, 0.15) is 49.7 Å². The Balaban J connectivity index is 1.30. The van der Waals surface area contributed by atoms with Gasteiger partial charge in [-0.1, -0.05) is 60.7 Å². The Hall–Kier alpha value is -3.76. The molecule has 3 rings (SSSR count). The van der Waals surface area contributed by atoms with Gasteiger partial charge < -0.3 is 31.6 Å². The third kappa shape index (κ3) is 9.28. The number of esters is 2. The first-order valence-electron chi connectivity index (χ1n) is 12.9. The minimum absolute atomic E-state index is 0.148. The zero-order valence-electron chi connectivity index (χ0n) is 21.3. The quantitative estimate of drug-likeness (QED) is 0.270. The molecule has 2 aromatic carbocycles. The minimum Gasteiger partial charge on any atom is -0.460 e. The average molecular weight is 525 g/mol. The summed E-state index contributed by atoms with van der Waals surface area (Å²) in [6.07, 6.45) is 2.28. The summed E-state index contributed by atoms with van der Waals surface area (Å²) in [7, 11) is 0. The lowest BCUT2D eigenvalue weighted by molar-refractivity contribution is -0.147. The van der Waals surface area contributed by atoms with Crippen LogP contribution in [0.5, 0.6) is 0 Å². The Bertz CT molecular complexity index is 980. The molecule has 2 aromatic rings. The van der Waals surface area contributed by atoms with Crippen LogP contribution in [0.3, 0.4) is 0 Å². The number of nitrogens with one attached hydrogen (secondary N) is 2. The van der Waals surface area contributed by atoms with Crippen molar-refractivity contribution in [3.8, 4) is 0 Å². The van der Waals surface area contributed by atoms with Gasteiger partial charge in [0.1, 0.15) is 37.4 Å². The molecule has 0 aliphatic carbocycles. The van der Waals surface area contributed by atoms with Gasteiger partial charge in [-0.2, -0.15) is 0 Å². The van der Waals surface area contributed by atoms with Crippen molar-refractivity contribution in [2.75, 3.05) is 0 Å². The fourth-order valence-electron chi connectivity index (χ4n) is 4.07. The number of carbonyl (C=O) groups is 4. The Morgan fingerprint density at radius 1 is 0.684 bits per heavy atom. The summed E-state index contributed by atoms with van der Waals surface area (Å²) in [4.78, 5) is 49.2. The molecule has 1 aliphatic heterocycles. The van der Waals surface area contributed by atoms with Crippen LogP contribution in [0.4, 0.5) is 0 Å². The van der Waals surface area contributed by atoms with Crippen molar-refractivity contribution in [3.05, 3.63) is 71.8 Å². The molecule has 10 nitrogen and oxygen atoms in total. The molecule has 0 saturated carbocycles. The molecule has 0 spiro atoms. The second-order valence-corrected chi connectivity index (χ2v) is 9.38. The maximum Gasteiger partial charge on any atom is 0.323 e. The van der Waals surface area contributed by atoms with Crippen LogP contribution in [0.2, 0.25) is 0 Å². The molecule has 38 heavy (non-hydrogen) atoms. The first-order chi connectivity index (χ1) is 18.3. The smallest absolute Gasteiger partial charge is 0.323 e. The number of piperazine rings is 1. The maximum atomic E-state index is 12.5. The third-order valence-electron chi connectivity index (χ3n) is 6.34. The number of amides is 2. The van der Waals surface area contributed by atoms with Crippen LogP contribution in [-0.2, 0) is 41.9 Å². The van der Waals surface area contributed by atoms with E-state index in [0.29, 0.717) is 38.5 Å². The summed E-state index contributed by atoms with van der Waals surface area (Å²) < 4.78 is 10.5. The van der Waals surface area contributed by atoms with Gasteiger partial charge >= 0.3 is 11.9 Å². The molecule has 1 saturated heterocycles. The van der Waals surface area contributed by atoms with Crippen molar-refractivity contribution in [1.29, 1.82) is 0 Å². The second-order valence-electron chi connectivity index (χ2n) is 9.38. The lowest BCUT2D eigenvalue weighted by Gasteiger charge is -2.30. The number of hydrogen-bond acceptors (Lipinski definition) is 8. The predicted molar refractivity (Wildman–Crippen MR) is 140 cm³/mol. The van der Waals surface area contributed by atoms with E-state index in [-0.39, 0.29) is 25.0 Å². The summed E-state index contributed by atoms with van der Waals surface area (Å²) in [5.41, 5.74) is 13.6. The van der Waals surface area contributed by atoms with Crippen LogP contribution in [-0.4, -0.2) is 47.9 Å². The summed E-state index contributed by atoms with van der Waals surface area (Å²) in [6, 6.07) is 15.6. The van der Waals surface area contributed by atoms with Gasteiger partial charge in [0, 0.05) is 0 Å². The van der Waals surface area contributed by atoms with Gasteiger partial charge in [-0.3, -0.25) is 19.2 Å². The van der Waals surface area contributed by atoms with Crippen molar-refractivity contribution in [1.82, 2.24) is 10.6 Å². The zero-order valence-corrected chi connectivity index (χ0v) is 21.3. The van der Waals surface area contributed by atoms with E-state index in [1.807, 2.05) is 60.7 Å². The zero-order chi connectivity index (χ0) is 27.3. The summed E-state index contributed by atoms with van der Waals surface area (Å²) >= 11 is 0. The SMILES string of the molecule is NC(CCC[C@@H]1NC(=O)[C@H](CCCC(N)C(=O)OCc2ccccc2)NC1=O)C(=O)OCc1ccccc1. The number of benzene rings is 2. The Kier molecular flexibility index (Phi) is 11.3. The molecule has 6 N–H and O–H groups in total. The molecule has 1 heterocycles. The molecule has 2 amide bonds. The normalized spacial score (nSPS) is 18.6. The molecular weight excluding hydrogens is 488 g/mol. The molecule has 0 bridgehead atoms. The lowest BCUT2D eigenvalue weighted by Crippen LogP contribution is -2.61. The molecule has 1 aliphatic rings. The number of hydrogen-bond donors (Lipinski definition) is 4. The van der Waals surface area contributed by atoms with Crippen molar-refractivity contribution in [3.63, 3.8) is 0 Å². The fourth-order valence-corrected chi connectivity index (χ4v) is 4.07. The van der Waals surface area contributed by atoms with E-state index >= 15 is 0 Å². The van der Waals surface area contributed by atoms with Crippen molar-refractivity contribution >= 4 is 23.8 Å². The molecule has 204 valence electrons. The van der Waals surface area contributed by atoms with E-state index in [1.165, 1.54) is 0 Å². The van der Waals surface area contributed by atoms with Gasteiger partial charge in [0.05, 0.1) is 0 Å². The number of ether oxygens (including phenoxy) is 2. The highest BCUT2D eigenvalue weighted by Gasteiger charge is 2.33. The molecule has 2 unspecified atom stereocenters. The van der Waals surface area contributed by atoms with Gasteiger partial charge in [-0.25, -0.2) is 0 Å². The molecule has 10 heteroatoms. The van der Waals surface area contributed by atoms with E-state index in [1.54, 1.807) is 0 Å². The monoisotopic (exact) mass is 524 g/mol. The highest BCUT2D eigenvalue weighted by Crippen LogP contribution is 2.13. The number of rotatable bonds is 14. The van der Waals surface area contributed by atoms with Gasteiger partial charge in [0.25, 0.3) is 0 Å². The van der Waals surface area contributed by atoms with Crippen LogP contribution in [0.25, 0.3) is 0 Å². The topological polar surface area (TPSA) is 163 Å². The molecule has 0 radical (unpaired) electrons. The van der Waals surface area contributed by atoms with Gasteiger partial charge in [-0.05, 0) is 49.7 Å². The van der Waals surface area contributed by atoms with Crippen LogP contribution < -0.4 is 22.1 Å².